The first-order valence-electron chi connectivity index (χ1n) is 14.2. The smallest absolute Gasteiger partial charge is 0.375 e. The molecule has 2 N–H and O–H groups in total. The number of esters is 2. The van der Waals surface area contributed by atoms with Gasteiger partial charge in [-0.1, -0.05) is 70.5 Å². The van der Waals surface area contributed by atoms with Crippen LogP contribution < -0.4 is 5.73 Å². The second-order valence-electron chi connectivity index (χ2n) is 8.77. The fraction of sp³-hybridized carbons (Fsp3) is 0.147. The van der Waals surface area contributed by atoms with Crippen molar-refractivity contribution in [2.24, 2.45) is 10.7 Å². The van der Waals surface area contributed by atoms with Crippen LogP contribution in [0.1, 0.15) is 34.8 Å². The molecule has 47 heavy (non-hydrogen) atoms. The number of halogens is 1. The molecular weight excluding hydrogens is 668 g/mol. The molecule has 0 aliphatic heterocycles. The highest BCUT2D eigenvalue weighted by Gasteiger charge is 2.11. The maximum atomic E-state index is 11.4. The number of aromatic nitrogens is 4. The fourth-order valence-corrected chi connectivity index (χ4v) is 3.61. The first kappa shape index (κ1) is 37.5. The van der Waals surface area contributed by atoms with Gasteiger partial charge in [-0.2, -0.15) is 0 Å². The molecule has 2 heterocycles. The number of nitrogens with zero attached hydrogens (tertiary/aromatic N) is 5. The monoisotopic (exact) mass is 702 g/mol. The molecule has 0 aliphatic rings. The lowest BCUT2D eigenvalue weighted by Gasteiger charge is -1.99. The minimum atomic E-state index is -0.769. The molecule has 12 nitrogen and oxygen atoms in total. The predicted molar refractivity (Wildman–Crippen MR) is 183 cm³/mol. The summed E-state index contributed by atoms with van der Waals surface area (Å²) in [5.74, 6) is -1.71. The number of hydrogen-bond donors (Lipinski definition) is 1. The van der Waals surface area contributed by atoms with Gasteiger partial charge in [0.1, 0.15) is 18.3 Å². The number of ketones is 1. The number of imidazole rings is 2. The SMILES string of the molecule is CCOC(=O)C(=O)CBr.CCOC(=O)c1cn(-c2ccccc2)cn1.NC=Nc1ccccc1.O=Cc1cn(-c2ccccc2)cn1. The third kappa shape index (κ3) is 13.9. The van der Waals surface area contributed by atoms with Crippen molar-refractivity contribution >= 4 is 52.0 Å². The number of benzene rings is 3. The molecule has 5 aromatic rings. The molecule has 0 saturated heterocycles. The molecule has 0 bridgehead atoms. The standard InChI is InChI=1S/C12H12N2O2.C10H8N2O.C7H8N2.C5H7BrO3/c1-2-16-12(15)11-8-14(9-13-11)10-6-4-3-5-7-10;13-7-9-6-12(8-11-9)10-4-2-1-3-5-10;8-6-9-7-4-2-1-3-5-7;1-2-9-5(8)4(7)3-6/h3-9H,2H2,1H3;1-8H;1-6H,(H2,8,9);2-3H2,1H3. The number of rotatable bonds is 9. The summed E-state index contributed by atoms with van der Waals surface area (Å²) in [7, 11) is 0. The summed E-state index contributed by atoms with van der Waals surface area (Å²) in [6.45, 7) is 4.03. The molecular formula is C34H35BrN6O6. The molecule has 3 aromatic carbocycles. The zero-order valence-corrected chi connectivity index (χ0v) is 27.5. The molecule has 0 spiro atoms. The van der Waals surface area contributed by atoms with Crippen molar-refractivity contribution in [3.8, 4) is 11.4 Å². The molecule has 0 radical (unpaired) electrons. The Morgan fingerprint density at radius 3 is 1.77 bits per heavy atom. The topological polar surface area (TPSA) is 161 Å². The van der Waals surface area contributed by atoms with Crippen LogP contribution in [0, 0.1) is 0 Å². The first-order chi connectivity index (χ1) is 22.9. The van der Waals surface area contributed by atoms with Crippen LogP contribution in [-0.2, 0) is 19.1 Å². The van der Waals surface area contributed by atoms with Gasteiger partial charge in [-0.15, -0.1) is 0 Å². The number of carbonyl (C=O) groups is 4. The van der Waals surface area contributed by atoms with E-state index in [4.69, 9.17) is 10.5 Å². The zero-order chi connectivity index (χ0) is 34.3. The Morgan fingerprint density at radius 1 is 0.787 bits per heavy atom. The molecule has 5 rings (SSSR count). The van der Waals surface area contributed by atoms with Crippen LogP contribution in [0.4, 0.5) is 5.69 Å². The molecule has 0 unspecified atom stereocenters. The van der Waals surface area contributed by atoms with E-state index in [1.165, 1.54) is 6.34 Å². The third-order valence-corrected chi connectivity index (χ3v) is 6.01. The molecule has 0 atom stereocenters. The Bertz CT molecular complexity index is 1680. The lowest BCUT2D eigenvalue weighted by Crippen LogP contribution is -2.17. The van der Waals surface area contributed by atoms with Crippen molar-refractivity contribution in [2.75, 3.05) is 18.5 Å². The van der Waals surface area contributed by atoms with Crippen molar-refractivity contribution < 1.29 is 28.7 Å². The van der Waals surface area contributed by atoms with Crippen LogP contribution in [0.5, 0.6) is 0 Å². The Labute approximate surface area is 281 Å². The van der Waals surface area contributed by atoms with Crippen LogP contribution in [0.25, 0.3) is 11.4 Å². The number of nitrogens with two attached hydrogens (primary N) is 1. The van der Waals surface area contributed by atoms with Crippen molar-refractivity contribution in [3.05, 3.63) is 127 Å². The number of Topliss-reactive ketones (excluding diaryl/α,β-unsaturated/α-hetero) is 1. The van der Waals surface area contributed by atoms with Gasteiger partial charge in [0.15, 0.2) is 12.0 Å². The summed E-state index contributed by atoms with van der Waals surface area (Å²) in [6.07, 6.45) is 8.60. The summed E-state index contributed by atoms with van der Waals surface area (Å²) in [5.41, 5.74) is 8.70. The largest absolute Gasteiger partial charge is 0.461 e. The van der Waals surface area contributed by atoms with Crippen LogP contribution in [-0.4, -0.2) is 68.0 Å². The van der Waals surface area contributed by atoms with Gasteiger partial charge in [0.05, 0.1) is 30.6 Å². The van der Waals surface area contributed by atoms with E-state index in [1.807, 2.05) is 95.6 Å². The van der Waals surface area contributed by atoms with Gasteiger partial charge in [-0.3, -0.25) is 9.59 Å². The predicted octanol–water partition coefficient (Wildman–Crippen LogP) is 5.55. The Hall–Kier alpha value is -5.69. The van der Waals surface area contributed by atoms with E-state index >= 15 is 0 Å². The van der Waals surface area contributed by atoms with Gasteiger partial charge < -0.3 is 24.3 Å². The number of hydrogen-bond acceptors (Lipinski definition) is 9. The van der Waals surface area contributed by atoms with E-state index in [0.29, 0.717) is 18.0 Å². The molecule has 0 saturated carbocycles. The maximum Gasteiger partial charge on any atom is 0.375 e. The Morgan fingerprint density at radius 2 is 1.30 bits per heavy atom. The van der Waals surface area contributed by atoms with E-state index in [9.17, 15) is 19.2 Å². The van der Waals surface area contributed by atoms with Gasteiger partial charge in [0.25, 0.3) is 0 Å². The highest BCUT2D eigenvalue weighted by atomic mass is 79.9. The second kappa shape index (κ2) is 21.9. The average Bonchev–Trinajstić information content (AvgIpc) is 3.82. The molecule has 13 heteroatoms. The van der Waals surface area contributed by atoms with Crippen molar-refractivity contribution in [1.82, 2.24) is 19.1 Å². The third-order valence-electron chi connectivity index (χ3n) is 5.50. The maximum absolute atomic E-state index is 11.4. The van der Waals surface area contributed by atoms with Gasteiger partial charge in [0, 0.05) is 23.8 Å². The minimum Gasteiger partial charge on any atom is -0.461 e. The Balaban J connectivity index is 0.000000225. The van der Waals surface area contributed by atoms with Crippen LogP contribution in [0.2, 0.25) is 0 Å². The van der Waals surface area contributed by atoms with E-state index in [-0.39, 0.29) is 11.9 Å². The Kier molecular flexibility index (Phi) is 17.5. The molecule has 244 valence electrons. The summed E-state index contributed by atoms with van der Waals surface area (Å²) < 4.78 is 12.8. The van der Waals surface area contributed by atoms with Crippen molar-refractivity contribution in [3.63, 3.8) is 0 Å². The average molecular weight is 704 g/mol. The van der Waals surface area contributed by atoms with Gasteiger partial charge in [0.2, 0.25) is 5.78 Å². The van der Waals surface area contributed by atoms with Gasteiger partial charge in [-0.25, -0.2) is 24.5 Å². The van der Waals surface area contributed by atoms with E-state index in [1.54, 1.807) is 43.5 Å². The lowest BCUT2D eigenvalue weighted by atomic mass is 10.3. The van der Waals surface area contributed by atoms with E-state index in [2.05, 4.69) is 35.6 Å². The molecule has 2 aromatic heterocycles. The number of ether oxygens (including phenoxy) is 2. The van der Waals surface area contributed by atoms with Gasteiger partial charge in [-0.05, 0) is 50.2 Å². The minimum absolute atomic E-state index is 0.0336. The normalized spacial score (nSPS) is 9.77. The van der Waals surface area contributed by atoms with Gasteiger partial charge >= 0.3 is 11.9 Å². The van der Waals surface area contributed by atoms with Crippen LogP contribution in [0.3, 0.4) is 0 Å². The first-order valence-corrected chi connectivity index (χ1v) is 15.3. The van der Waals surface area contributed by atoms with E-state index in [0.717, 1.165) is 23.3 Å². The zero-order valence-electron chi connectivity index (χ0n) is 25.9. The molecule has 0 amide bonds. The van der Waals surface area contributed by atoms with E-state index < -0.39 is 17.7 Å². The highest BCUT2D eigenvalue weighted by molar-refractivity contribution is 9.09. The fourth-order valence-electron chi connectivity index (χ4n) is 3.38. The number of alkyl halides is 1. The number of aldehydes is 1. The quantitative estimate of drug-likeness (QED) is 0.0518. The molecule has 0 aliphatic carbocycles. The van der Waals surface area contributed by atoms with Crippen molar-refractivity contribution in [1.29, 1.82) is 0 Å². The van der Waals surface area contributed by atoms with Crippen LogP contribution >= 0.6 is 15.9 Å². The summed E-state index contributed by atoms with van der Waals surface area (Å²) in [4.78, 5) is 54.3. The lowest BCUT2D eigenvalue weighted by molar-refractivity contribution is -0.152. The van der Waals surface area contributed by atoms with Crippen molar-refractivity contribution in [2.45, 2.75) is 13.8 Å². The number of para-hydroxylation sites is 3. The number of carbonyl (C=O) groups excluding carboxylic acids is 4. The highest BCUT2D eigenvalue weighted by Crippen LogP contribution is 2.09. The second-order valence-corrected chi connectivity index (χ2v) is 9.33. The summed E-state index contributed by atoms with van der Waals surface area (Å²) in [5, 5.41) is 0.0336. The molecule has 0 fully saturated rings. The number of aliphatic imine (C=N–C) groups is 1. The summed E-state index contributed by atoms with van der Waals surface area (Å²) >= 11 is 2.83. The summed E-state index contributed by atoms with van der Waals surface area (Å²) in [6, 6.07) is 29.0. The van der Waals surface area contributed by atoms with Crippen LogP contribution in [0.15, 0.2) is 121 Å².